The molecule has 8 nitrogen and oxygen atoms in total. The molecule has 174 valence electrons. The first-order chi connectivity index (χ1) is 15.9. The molecule has 4 rings (SSSR count). The number of carbonyl (C=O) groups is 1. The van der Waals surface area contributed by atoms with Crippen LogP contribution in [0.5, 0.6) is 0 Å². The van der Waals surface area contributed by atoms with Gasteiger partial charge in [-0.15, -0.1) is 0 Å². The summed E-state index contributed by atoms with van der Waals surface area (Å²) in [6.07, 6.45) is 2.13. The van der Waals surface area contributed by atoms with Crippen LogP contribution in [-0.4, -0.2) is 53.7 Å². The van der Waals surface area contributed by atoms with E-state index in [0.717, 1.165) is 30.7 Å². The Bertz CT molecular complexity index is 1220. The minimum absolute atomic E-state index is 0.0339. The molecule has 2 aromatic carbocycles. The molecule has 1 N–H and O–H groups in total. The molecule has 0 bridgehead atoms. The number of nitrogens with zero attached hydrogens (tertiary/aromatic N) is 3. The van der Waals surface area contributed by atoms with E-state index < -0.39 is 11.2 Å². The number of aromatic amines is 1. The van der Waals surface area contributed by atoms with Crippen LogP contribution < -0.4 is 16.1 Å². The summed E-state index contributed by atoms with van der Waals surface area (Å²) in [4.78, 5) is 44.0. The number of ether oxygens (including phenoxy) is 1. The van der Waals surface area contributed by atoms with Gasteiger partial charge in [0, 0.05) is 52.4 Å². The van der Waals surface area contributed by atoms with E-state index in [4.69, 9.17) is 4.74 Å². The molecule has 0 spiro atoms. The highest BCUT2D eigenvalue weighted by Crippen LogP contribution is 2.18. The zero-order valence-electron chi connectivity index (χ0n) is 19.1. The van der Waals surface area contributed by atoms with Crippen LogP contribution in [0.3, 0.4) is 0 Å². The van der Waals surface area contributed by atoms with Crippen LogP contribution in [0.2, 0.25) is 0 Å². The van der Waals surface area contributed by atoms with E-state index in [0.29, 0.717) is 24.0 Å². The topological polar surface area (TPSA) is 87.6 Å². The number of aromatic nitrogens is 2. The van der Waals surface area contributed by atoms with Gasteiger partial charge in [-0.25, -0.2) is 4.79 Å². The maximum absolute atomic E-state index is 13.3. The number of anilines is 1. The lowest BCUT2D eigenvalue weighted by Crippen LogP contribution is -2.38. The monoisotopic (exact) mass is 450 g/mol. The van der Waals surface area contributed by atoms with Gasteiger partial charge in [-0.2, -0.15) is 0 Å². The summed E-state index contributed by atoms with van der Waals surface area (Å²) in [5, 5.41) is 0.432. The highest BCUT2D eigenvalue weighted by Gasteiger charge is 2.23. The highest BCUT2D eigenvalue weighted by atomic mass is 16.5. The first-order valence-corrected chi connectivity index (χ1v) is 11.3. The van der Waals surface area contributed by atoms with Gasteiger partial charge in [-0.1, -0.05) is 24.3 Å². The van der Waals surface area contributed by atoms with Crippen molar-refractivity contribution in [2.45, 2.75) is 38.5 Å². The van der Waals surface area contributed by atoms with Crippen LogP contribution in [0.1, 0.15) is 24.8 Å². The van der Waals surface area contributed by atoms with Gasteiger partial charge in [-0.05, 0) is 42.7 Å². The number of nitrogens with one attached hydrogen (secondary N) is 1. The molecule has 0 aliphatic carbocycles. The molecular weight excluding hydrogens is 420 g/mol. The van der Waals surface area contributed by atoms with Crippen LogP contribution >= 0.6 is 0 Å². The molecule has 1 aliphatic rings. The second-order valence-electron chi connectivity index (χ2n) is 8.65. The van der Waals surface area contributed by atoms with Crippen LogP contribution in [0, 0.1) is 0 Å². The number of para-hydroxylation sites is 1. The van der Waals surface area contributed by atoms with Crippen LogP contribution in [-0.2, 0) is 22.6 Å². The summed E-state index contributed by atoms with van der Waals surface area (Å²) in [6, 6.07) is 15.1. The van der Waals surface area contributed by atoms with Crippen LogP contribution in [0.4, 0.5) is 5.69 Å². The van der Waals surface area contributed by atoms with E-state index in [2.05, 4.69) is 4.98 Å². The molecule has 1 unspecified atom stereocenters. The Balaban J connectivity index is 1.52. The molecule has 1 atom stereocenters. The fraction of sp³-hybridized carbons (Fsp3) is 0.400. The Morgan fingerprint density at radius 2 is 1.88 bits per heavy atom. The van der Waals surface area contributed by atoms with E-state index >= 15 is 0 Å². The third-order valence-corrected chi connectivity index (χ3v) is 6.08. The van der Waals surface area contributed by atoms with Crippen molar-refractivity contribution in [1.82, 2.24) is 14.5 Å². The Kier molecular flexibility index (Phi) is 6.93. The molecule has 0 radical (unpaired) electrons. The van der Waals surface area contributed by atoms with Gasteiger partial charge in [0.1, 0.15) is 0 Å². The van der Waals surface area contributed by atoms with E-state index in [1.54, 1.807) is 24.3 Å². The number of hydrogen-bond acceptors (Lipinski definition) is 5. The predicted molar refractivity (Wildman–Crippen MR) is 129 cm³/mol. The normalized spacial score (nSPS) is 15.6. The van der Waals surface area contributed by atoms with E-state index in [1.165, 1.54) is 4.57 Å². The lowest BCUT2D eigenvalue weighted by molar-refractivity contribution is -0.133. The van der Waals surface area contributed by atoms with Gasteiger partial charge < -0.3 is 14.5 Å². The van der Waals surface area contributed by atoms with Crippen molar-refractivity contribution in [3.8, 4) is 0 Å². The summed E-state index contributed by atoms with van der Waals surface area (Å²) in [5.41, 5.74) is 1.75. The summed E-state index contributed by atoms with van der Waals surface area (Å²) < 4.78 is 7.24. The third-order valence-electron chi connectivity index (χ3n) is 6.08. The first kappa shape index (κ1) is 22.8. The number of amides is 1. The molecule has 3 aromatic rings. The Labute approximate surface area is 192 Å². The van der Waals surface area contributed by atoms with Gasteiger partial charge >= 0.3 is 5.69 Å². The predicted octanol–water partition coefficient (Wildman–Crippen LogP) is 2.35. The smallest absolute Gasteiger partial charge is 0.328 e. The van der Waals surface area contributed by atoms with Crippen molar-refractivity contribution in [2.24, 2.45) is 0 Å². The Hall–Kier alpha value is -3.39. The zero-order valence-corrected chi connectivity index (χ0v) is 19.1. The Morgan fingerprint density at radius 3 is 2.58 bits per heavy atom. The molecule has 8 heteroatoms. The van der Waals surface area contributed by atoms with Gasteiger partial charge in [0.25, 0.3) is 5.56 Å². The lowest BCUT2D eigenvalue weighted by atomic mass is 10.1. The quantitative estimate of drug-likeness (QED) is 0.569. The third kappa shape index (κ3) is 5.34. The van der Waals surface area contributed by atoms with Gasteiger partial charge in [0.05, 0.1) is 17.0 Å². The molecule has 1 amide bonds. The SMILES string of the molecule is CN(C)c1ccc(CN(CC2CCCO2)C(=O)CCn2c(=O)[nH]c(=O)c3ccccc32)cc1. The fourth-order valence-electron chi connectivity index (χ4n) is 4.24. The van der Waals surface area contributed by atoms with Gasteiger partial charge in [0.15, 0.2) is 0 Å². The lowest BCUT2D eigenvalue weighted by Gasteiger charge is -2.26. The zero-order chi connectivity index (χ0) is 23.4. The molecule has 33 heavy (non-hydrogen) atoms. The summed E-state index contributed by atoms with van der Waals surface area (Å²) in [6.45, 7) is 1.92. The standard InChI is InChI=1S/C25H30N4O4/c1-27(2)19-11-9-18(10-12-19)16-28(17-20-6-5-15-33-20)23(30)13-14-29-22-8-4-3-7-21(22)24(31)26-25(29)32/h3-4,7-12,20H,5-6,13-17H2,1-2H3,(H,26,31,32). The van der Waals surface area contributed by atoms with Gasteiger partial charge in [0.2, 0.25) is 5.91 Å². The second-order valence-corrected chi connectivity index (χ2v) is 8.65. The largest absolute Gasteiger partial charge is 0.378 e. The number of rotatable bonds is 8. The number of H-pyrrole nitrogens is 1. The Morgan fingerprint density at radius 1 is 1.12 bits per heavy atom. The number of aryl methyl sites for hydroxylation is 1. The van der Waals surface area contributed by atoms with E-state index in [1.807, 2.05) is 48.2 Å². The number of hydrogen-bond donors (Lipinski definition) is 1. The molecule has 1 fully saturated rings. The molecule has 2 heterocycles. The summed E-state index contributed by atoms with van der Waals surface area (Å²) in [5.74, 6) is -0.0515. The van der Waals surface area contributed by atoms with Gasteiger partial charge in [-0.3, -0.25) is 19.1 Å². The van der Waals surface area contributed by atoms with Crippen LogP contribution in [0.25, 0.3) is 10.9 Å². The van der Waals surface area contributed by atoms with Crippen molar-refractivity contribution < 1.29 is 9.53 Å². The summed E-state index contributed by atoms with van der Waals surface area (Å²) >= 11 is 0. The van der Waals surface area contributed by atoms with Crippen molar-refractivity contribution >= 4 is 22.5 Å². The van der Waals surface area contributed by atoms with Crippen molar-refractivity contribution in [1.29, 1.82) is 0 Å². The maximum atomic E-state index is 13.3. The minimum atomic E-state index is -0.503. The molecule has 1 saturated heterocycles. The molecule has 1 aromatic heterocycles. The molecule has 1 aliphatic heterocycles. The van der Waals surface area contributed by atoms with E-state index in [9.17, 15) is 14.4 Å². The average molecular weight is 451 g/mol. The summed E-state index contributed by atoms with van der Waals surface area (Å²) in [7, 11) is 3.98. The van der Waals surface area contributed by atoms with Crippen molar-refractivity contribution in [2.75, 3.05) is 32.1 Å². The average Bonchev–Trinajstić information content (AvgIpc) is 3.32. The second kappa shape index (κ2) is 10.0. The first-order valence-electron chi connectivity index (χ1n) is 11.3. The van der Waals surface area contributed by atoms with E-state index in [-0.39, 0.29) is 25.0 Å². The molecule has 0 saturated carbocycles. The number of fused-ring (bicyclic) bond motifs is 1. The number of benzene rings is 2. The fourth-order valence-corrected chi connectivity index (χ4v) is 4.24. The highest BCUT2D eigenvalue weighted by molar-refractivity contribution is 5.79. The van der Waals surface area contributed by atoms with Crippen molar-refractivity contribution in [3.63, 3.8) is 0 Å². The molecular formula is C25H30N4O4. The number of carbonyl (C=O) groups excluding carboxylic acids is 1. The maximum Gasteiger partial charge on any atom is 0.328 e. The minimum Gasteiger partial charge on any atom is -0.378 e. The van der Waals surface area contributed by atoms with Crippen LogP contribution in [0.15, 0.2) is 58.1 Å². The van der Waals surface area contributed by atoms with Crippen molar-refractivity contribution in [3.05, 3.63) is 74.9 Å².